The average Bonchev–Trinajstić information content (AvgIpc) is 3.71. The van der Waals surface area contributed by atoms with Crippen molar-refractivity contribution in [3.63, 3.8) is 0 Å². The molecule has 5 aromatic carbocycles. The van der Waals surface area contributed by atoms with Gasteiger partial charge in [0, 0.05) is 36.4 Å². The number of pyridine rings is 2. The van der Waals surface area contributed by atoms with Crippen LogP contribution in [0.4, 0.5) is 5.82 Å². The number of fused-ring (bicyclic) bond motifs is 1. The minimum Gasteiger partial charge on any atom is -0.350 e. The quantitative estimate of drug-likeness (QED) is 0.120. The summed E-state index contributed by atoms with van der Waals surface area (Å²) in [4.78, 5) is 11.9. The molecule has 7 heteroatoms. The maximum absolute atomic E-state index is 4.80. The first-order valence-electron chi connectivity index (χ1n) is 17.9. The molecule has 0 radical (unpaired) electrons. The van der Waals surface area contributed by atoms with Gasteiger partial charge in [0.05, 0.1) is 0 Å². The van der Waals surface area contributed by atoms with Crippen molar-refractivity contribution in [3.8, 4) is 22.5 Å². The van der Waals surface area contributed by atoms with Crippen molar-refractivity contribution in [2.24, 2.45) is 0 Å². The van der Waals surface area contributed by atoms with Gasteiger partial charge in [-0.2, -0.15) is 0 Å². The van der Waals surface area contributed by atoms with Gasteiger partial charge in [-0.25, -0.2) is 9.67 Å². The van der Waals surface area contributed by atoms with Crippen LogP contribution in [0.25, 0.3) is 33.4 Å². The maximum Gasteiger partial charge on any atom is 0.184 e. The number of rotatable bonds is 12. The second-order valence-corrected chi connectivity index (χ2v) is 13.0. The zero-order chi connectivity index (χ0) is 35.2. The van der Waals surface area contributed by atoms with Gasteiger partial charge in [0.1, 0.15) is 11.1 Å². The number of nitrogens with zero attached hydrogens (tertiary/aromatic N) is 7. The first kappa shape index (κ1) is 32.7. The molecule has 0 bridgehead atoms. The molecule has 0 N–H and O–H groups in total. The molecule has 0 aliphatic rings. The predicted octanol–water partition coefficient (Wildman–Crippen LogP) is 9.60. The fourth-order valence-electron chi connectivity index (χ4n) is 7.25. The molecule has 3 heterocycles. The minimum absolute atomic E-state index is 0.677. The summed E-state index contributed by atoms with van der Waals surface area (Å²) in [6.07, 6.45) is 5.90. The first-order valence-corrected chi connectivity index (χ1v) is 17.9. The number of hydrogen-bond donors (Lipinski definition) is 0. The van der Waals surface area contributed by atoms with Gasteiger partial charge in [0.15, 0.2) is 11.6 Å². The summed E-state index contributed by atoms with van der Waals surface area (Å²) in [6, 6.07) is 54.8. The van der Waals surface area contributed by atoms with Crippen molar-refractivity contribution in [1.82, 2.24) is 30.2 Å². The standard InChI is InChI=1S/C45H39N7/c1-2-3-32-51(44-42-36(29-31-47-44)16-15-30-46-42)33-34-25-27-35(28-26-34)40-23-13-14-24-41(40)43-48-49-50-52(43)45(37-17-7-4-8-18-37,38-19-9-5-10-20-38)39-21-11-6-12-22-39/h4-31H,2-3,32-33H2,1H3. The molecule has 0 amide bonds. The van der Waals surface area contributed by atoms with E-state index in [-0.39, 0.29) is 0 Å². The molecule has 0 unspecified atom stereocenters. The Labute approximate surface area is 304 Å². The average molecular weight is 678 g/mol. The van der Waals surface area contributed by atoms with Gasteiger partial charge in [0.25, 0.3) is 0 Å². The molecule has 0 saturated heterocycles. The van der Waals surface area contributed by atoms with E-state index in [0.717, 1.165) is 76.0 Å². The maximum atomic E-state index is 4.80. The third-order valence-corrected chi connectivity index (χ3v) is 9.75. The van der Waals surface area contributed by atoms with E-state index in [9.17, 15) is 0 Å². The number of anilines is 1. The van der Waals surface area contributed by atoms with Gasteiger partial charge in [-0.05, 0) is 62.4 Å². The van der Waals surface area contributed by atoms with Crippen molar-refractivity contribution < 1.29 is 0 Å². The summed E-state index contributed by atoms with van der Waals surface area (Å²) < 4.78 is 2.00. The lowest BCUT2D eigenvalue weighted by molar-refractivity contribution is 0.451. The fraction of sp³-hybridized carbons (Fsp3) is 0.133. The number of unbranched alkanes of at least 4 members (excludes halogenated alkanes) is 1. The Morgan fingerprint density at radius 1 is 0.596 bits per heavy atom. The Morgan fingerprint density at radius 2 is 1.21 bits per heavy atom. The van der Waals surface area contributed by atoms with Crippen molar-refractivity contribution in [2.45, 2.75) is 31.8 Å². The topological polar surface area (TPSA) is 72.6 Å². The van der Waals surface area contributed by atoms with E-state index >= 15 is 0 Å². The van der Waals surface area contributed by atoms with Crippen LogP contribution in [0.1, 0.15) is 42.0 Å². The van der Waals surface area contributed by atoms with E-state index in [1.165, 1.54) is 5.56 Å². The van der Waals surface area contributed by atoms with Crippen LogP contribution in [0.2, 0.25) is 0 Å². The van der Waals surface area contributed by atoms with Crippen LogP contribution in [0.5, 0.6) is 0 Å². The van der Waals surface area contributed by atoms with Crippen LogP contribution in [0.15, 0.2) is 170 Å². The highest BCUT2D eigenvalue weighted by molar-refractivity contribution is 5.88. The lowest BCUT2D eigenvalue weighted by atomic mass is 9.77. The Kier molecular flexibility index (Phi) is 9.31. The summed E-state index contributed by atoms with van der Waals surface area (Å²) in [7, 11) is 0. The molecule has 0 saturated carbocycles. The summed E-state index contributed by atoms with van der Waals surface area (Å²) in [5, 5.41) is 15.0. The van der Waals surface area contributed by atoms with Crippen LogP contribution < -0.4 is 4.90 Å². The number of aromatic nitrogens is 6. The van der Waals surface area contributed by atoms with E-state index in [1.54, 1.807) is 0 Å². The van der Waals surface area contributed by atoms with Crippen LogP contribution in [0.3, 0.4) is 0 Å². The summed E-state index contributed by atoms with van der Waals surface area (Å²) in [6.45, 7) is 3.86. The van der Waals surface area contributed by atoms with Crippen molar-refractivity contribution in [2.75, 3.05) is 11.4 Å². The highest BCUT2D eigenvalue weighted by atomic mass is 15.6. The molecule has 0 aliphatic heterocycles. The smallest absolute Gasteiger partial charge is 0.184 e. The van der Waals surface area contributed by atoms with Crippen LogP contribution in [-0.2, 0) is 12.1 Å². The summed E-state index contributed by atoms with van der Waals surface area (Å²) in [5.41, 5.74) is 7.56. The largest absolute Gasteiger partial charge is 0.350 e. The van der Waals surface area contributed by atoms with E-state index in [0.29, 0.717) is 5.82 Å². The third-order valence-electron chi connectivity index (χ3n) is 9.75. The fourth-order valence-corrected chi connectivity index (χ4v) is 7.25. The van der Waals surface area contributed by atoms with Crippen LogP contribution >= 0.6 is 0 Å². The van der Waals surface area contributed by atoms with Gasteiger partial charge in [-0.1, -0.05) is 159 Å². The Balaban J connectivity index is 1.21. The molecule has 3 aromatic heterocycles. The third kappa shape index (κ3) is 6.11. The van der Waals surface area contributed by atoms with Crippen LogP contribution in [0, 0.1) is 0 Å². The van der Waals surface area contributed by atoms with Crippen LogP contribution in [-0.4, -0.2) is 36.7 Å². The molecule has 0 aliphatic carbocycles. The van der Waals surface area contributed by atoms with Gasteiger partial charge < -0.3 is 4.90 Å². The Morgan fingerprint density at radius 3 is 1.85 bits per heavy atom. The SMILES string of the molecule is CCCCN(Cc1ccc(-c2ccccc2-c2nnnn2C(c2ccccc2)(c2ccccc2)c2ccccc2)cc1)c1nccc2cccnc12. The molecule has 0 atom stereocenters. The highest BCUT2D eigenvalue weighted by Crippen LogP contribution is 2.43. The molecule has 0 spiro atoms. The van der Waals surface area contributed by atoms with Gasteiger partial charge in [-0.15, -0.1) is 5.10 Å². The van der Waals surface area contributed by atoms with E-state index < -0.39 is 5.54 Å². The van der Waals surface area contributed by atoms with Gasteiger partial charge in [-0.3, -0.25) is 4.98 Å². The zero-order valence-electron chi connectivity index (χ0n) is 29.1. The molecule has 8 rings (SSSR count). The van der Waals surface area contributed by atoms with E-state index in [1.807, 2.05) is 47.4 Å². The Bertz CT molecular complexity index is 2270. The normalized spacial score (nSPS) is 11.5. The zero-order valence-corrected chi connectivity index (χ0v) is 29.1. The Hall–Kier alpha value is -6.47. The lowest BCUT2D eigenvalue weighted by Crippen LogP contribution is -2.39. The minimum atomic E-state index is -0.841. The monoisotopic (exact) mass is 677 g/mol. The van der Waals surface area contributed by atoms with Crippen molar-refractivity contribution in [1.29, 1.82) is 0 Å². The number of benzene rings is 5. The van der Waals surface area contributed by atoms with Crippen molar-refractivity contribution >= 4 is 16.7 Å². The number of hydrogen-bond acceptors (Lipinski definition) is 6. The second-order valence-electron chi connectivity index (χ2n) is 13.0. The molecular formula is C45H39N7. The van der Waals surface area contributed by atoms with E-state index in [2.05, 4.69) is 144 Å². The summed E-state index contributed by atoms with van der Waals surface area (Å²) >= 11 is 0. The summed E-state index contributed by atoms with van der Waals surface area (Å²) in [5.74, 6) is 1.60. The molecular weight excluding hydrogens is 639 g/mol. The van der Waals surface area contributed by atoms with E-state index in [4.69, 9.17) is 20.3 Å². The second kappa shape index (κ2) is 14.8. The molecule has 8 aromatic rings. The molecule has 254 valence electrons. The highest BCUT2D eigenvalue weighted by Gasteiger charge is 2.42. The number of tetrazole rings is 1. The predicted molar refractivity (Wildman–Crippen MR) is 209 cm³/mol. The molecule has 0 fully saturated rings. The lowest BCUT2D eigenvalue weighted by Gasteiger charge is -2.36. The van der Waals surface area contributed by atoms with Gasteiger partial charge >= 0.3 is 0 Å². The molecule has 7 nitrogen and oxygen atoms in total. The first-order chi connectivity index (χ1) is 25.8. The van der Waals surface area contributed by atoms with Crippen molar-refractivity contribution in [3.05, 3.63) is 192 Å². The molecule has 52 heavy (non-hydrogen) atoms. The van der Waals surface area contributed by atoms with Gasteiger partial charge in [0.2, 0.25) is 0 Å².